The van der Waals surface area contributed by atoms with Gasteiger partial charge in [0.15, 0.2) is 0 Å². The highest BCUT2D eigenvalue weighted by atomic mass is 28.4. The van der Waals surface area contributed by atoms with E-state index in [0.29, 0.717) is 12.8 Å². The number of rotatable bonds is 12. The maximum absolute atomic E-state index is 12.5. The van der Waals surface area contributed by atoms with Crippen molar-refractivity contribution >= 4 is 26.7 Å². The van der Waals surface area contributed by atoms with E-state index >= 15 is 0 Å². The molecule has 0 radical (unpaired) electrons. The normalized spacial score (nSPS) is 12.9. The fourth-order valence-electron chi connectivity index (χ4n) is 2.29. The van der Waals surface area contributed by atoms with Gasteiger partial charge in [-0.2, -0.15) is 39.5 Å². The van der Waals surface area contributed by atoms with Gasteiger partial charge in [-0.05, 0) is 6.42 Å². The lowest BCUT2D eigenvalue weighted by atomic mass is 10.1. The summed E-state index contributed by atoms with van der Waals surface area (Å²) in [7, 11) is -6.10. The van der Waals surface area contributed by atoms with Crippen LogP contribution < -0.4 is 0 Å². The zero-order valence-corrected chi connectivity index (χ0v) is 17.7. The van der Waals surface area contributed by atoms with E-state index in [4.69, 9.17) is 0 Å². The molecule has 0 aliphatic carbocycles. The van der Waals surface area contributed by atoms with E-state index in [1.54, 1.807) is 0 Å². The Balaban J connectivity index is 5.62. The van der Waals surface area contributed by atoms with Gasteiger partial charge in [0.05, 0.1) is 6.04 Å². The summed E-state index contributed by atoms with van der Waals surface area (Å²) in [6.45, 7) is 1.96. The Morgan fingerprint density at radius 2 is 0.844 bits per heavy atom. The maximum Gasteiger partial charge on any atom is 0.705 e. The number of unbranched alkanes of at least 4 members (excludes halogenated alkanes) is 7. The first-order valence-corrected chi connectivity index (χ1v) is 11.3. The van der Waals surface area contributed by atoms with Crippen LogP contribution in [-0.4, -0.2) is 45.2 Å². The molecule has 0 N–H and O–H groups in total. The molecule has 0 heterocycles. The molecule has 0 aliphatic heterocycles. The van der Waals surface area contributed by atoms with Crippen LogP contribution in [0.15, 0.2) is 0 Å². The fourth-order valence-corrected chi connectivity index (χ4v) is 4.60. The minimum absolute atomic E-state index is 0.0532. The van der Waals surface area contributed by atoms with Gasteiger partial charge in [-0.3, -0.25) is 0 Å². The Bertz CT molecular complexity index is 562. The lowest BCUT2D eigenvalue weighted by molar-refractivity contribution is -0.209. The standard InChI is InChI=1S/C16H21F9O6Si/c1-2-3-4-5-6-7-8-9-10-32(29-11(26)14(17,18)19,30-12(27)15(20,21)22)31-13(28)16(23,24)25/h2-10H2,1H3. The van der Waals surface area contributed by atoms with Crippen molar-refractivity contribution < 1.29 is 67.2 Å². The lowest BCUT2D eigenvalue weighted by Gasteiger charge is -2.28. The zero-order chi connectivity index (χ0) is 25.2. The molecule has 0 saturated carbocycles. The van der Waals surface area contributed by atoms with Gasteiger partial charge in [0.1, 0.15) is 0 Å². The molecule has 0 aromatic carbocycles. The number of carbonyl (C=O) groups excluding carboxylic acids is 3. The topological polar surface area (TPSA) is 78.9 Å². The first-order chi connectivity index (χ1) is 14.4. The Kier molecular flexibility index (Phi) is 11.5. The van der Waals surface area contributed by atoms with Gasteiger partial charge in [0.25, 0.3) is 0 Å². The molecule has 0 aromatic heterocycles. The van der Waals surface area contributed by atoms with Gasteiger partial charge >= 0.3 is 45.2 Å². The van der Waals surface area contributed by atoms with E-state index in [0.717, 1.165) is 25.7 Å². The molecule has 0 unspecified atom stereocenters. The van der Waals surface area contributed by atoms with Crippen LogP contribution in [0, 0.1) is 0 Å². The summed E-state index contributed by atoms with van der Waals surface area (Å²) < 4.78 is 124. The van der Waals surface area contributed by atoms with Crippen molar-refractivity contribution in [3.8, 4) is 0 Å². The Hall–Kier alpha value is -2.00. The molecule has 0 amide bonds. The quantitative estimate of drug-likeness (QED) is 0.200. The molecule has 6 nitrogen and oxygen atoms in total. The minimum Gasteiger partial charge on any atom is -0.448 e. The predicted molar refractivity (Wildman–Crippen MR) is 89.6 cm³/mol. The number of alkyl halides is 9. The number of carbonyl (C=O) groups is 3. The Morgan fingerprint density at radius 3 is 1.12 bits per heavy atom. The summed E-state index contributed by atoms with van der Waals surface area (Å²) in [6.07, 6.45) is -13.6. The molecule has 0 fully saturated rings. The van der Waals surface area contributed by atoms with Gasteiger partial charge in [-0.25, -0.2) is 14.4 Å². The highest BCUT2D eigenvalue weighted by Gasteiger charge is 2.62. The minimum atomic E-state index is -6.10. The average Bonchev–Trinajstić information content (AvgIpc) is 2.61. The van der Waals surface area contributed by atoms with E-state index in [-0.39, 0.29) is 6.42 Å². The summed E-state index contributed by atoms with van der Waals surface area (Å²) in [6, 6.07) is -1.26. The van der Waals surface area contributed by atoms with Crippen LogP contribution in [0.2, 0.25) is 6.04 Å². The van der Waals surface area contributed by atoms with Crippen LogP contribution in [0.25, 0.3) is 0 Å². The Labute approximate surface area is 177 Å². The van der Waals surface area contributed by atoms with Gasteiger partial charge in [0, 0.05) is 0 Å². The van der Waals surface area contributed by atoms with Crippen LogP contribution >= 0.6 is 0 Å². The van der Waals surface area contributed by atoms with E-state index < -0.39 is 57.7 Å². The molecule has 0 aromatic rings. The van der Waals surface area contributed by atoms with E-state index in [9.17, 15) is 53.9 Å². The van der Waals surface area contributed by atoms with Crippen LogP contribution in [0.4, 0.5) is 39.5 Å². The van der Waals surface area contributed by atoms with Gasteiger partial charge in [-0.15, -0.1) is 0 Å². The first kappa shape index (κ1) is 30.0. The van der Waals surface area contributed by atoms with Crippen LogP contribution in [0.5, 0.6) is 0 Å². The van der Waals surface area contributed by atoms with Crippen molar-refractivity contribution in [1.82, 2.24) is 0 Å². The molecule has 0 bridgehead atoms. The molecule has 188 valence electrons. The molecule has 16 heteroatoms. The van der Waals surface area contributed by atoms with E-state index in [1.807, 2.05) is 6.92 Å². The second-order valence-electron chi connectivity index (χ2n) is 6.57. The van der Waals surface area contributed by atoms with Crippen LogP contribution in [-0.2, 0) is 27.7 Å². The third-order valence-electron chi connectivity index (χ3n) is 3.78. The molecule has 0 aliphatic rings. The smallest absolute Gasteiger partial charge is 0.448 e. The molecule has 0 spiro atoms. The summed E-state index contributed by atoms with van der Waals surface area (Å²) in [5.41, 5.74) is 0. The second kappa shape index (κ2) is 12.3. The molecular weight excluding hydrogens is 487 g/mol. The second-order valence-corrected chi connectivity index (χ2v) is 9.05. The van der Waals surface area contributed by atoms with E-state index in [1.165, 1.54) is 0 Å². The SMILES string of the molecule is CCCCCCCCCC[Si](OC(=O)C(F)(F)F)(OC(=O)C(F)(F)F)OC(=O)C(F)(F)F. The van der Waals surface area contributed by atoms with E-state index in [2.05, 4.69) is 13.3 Å². The molecule has 32 heavy (non-hydrogen) atoms. The van der Waals surface area contributed by atoms with Crippen molar-refractivity contribution in [2.75, 3.05) is 0 Å². The average molecular weight is 508 g/mol. The van der Waals surface area contributed by atoms with Gasteiger partial charge in [-0.1, -0.05) is 51.9 Å². The lowest BCUT2D eigenvalue weighted by Crippen LogP contribution is -2.55. The Morgan fingerprint density at radius 1 is 0.562 bits per heavy atom. The van der Waals surface area contributed by atoms with Gasteiger partial charge in [0.2, 0.25) is 0 Å². The van der Waals surface area contributed by atoms with Crippen molar-refractivity contribution in [1.29, 1.82) is 0 Å². The molecule has 0 saturated heterocycles. The third kappa shape index (κ3) is 11.6. The van der Waals surface area contributed by atoms with Gasteiger partial charge < -0.3 is 13.3 Å². The van der Waals surface area contributed by atoms with Crippen molar-refractivity contribution in [3.05, 3.63) is 0 Å². The number of halogens is 9. The summed E-state index contributed by atoms with van der Waals surface area (Å²) in [4.78, 5) is 33.4. The summed E-state index contributed by atoms with van der Waals surface area (Å²) >= 11 is 0. The zero-order valence-electron chi connectivity index (χ0n) is 16.7. The number of hydrogen-bond acceptors (Lipinski definition) is 6. The largest absolute Gasteiger partial charge is 0.705 e. The molecular formula is C16H21F9O6Si. The number of hydrogen-bond donors (Lipinski definition) is 0. The first-order valence-electron chi connectivity index (χ1n) is 9.35. The van der Waals surface area contributed by atoms with Crippen molar-refractivity contribution in [2.45, 2.75) is 82.9 Å². The van der Waals surface area contributed by atoms with Crippen molar-refractivity contribution in [2.24, 2.45) is 0 Å². The van der Waals surface area contributed by atoms with Crippen LogP contribution in [0.3, 0.4) is 0 Å². The summed E-state index contributed by atoms with van der Waals surface area (Å²) in [5.74, 6) is -9.81. The monoisotopic (exact) mass is 508 g/mol. The predicted octanol–water partition coefficient (Wildman–Crippen LogP) is 5.38. The fraction of sp³-hybridized carbons (Fsp3) is 0.812. The van der Waals surface area contributed by atoms with Crippen molar-refractivity contribution in [3.63, 3.8) is 0 Å². The molecule has 0 rings (SSSR count). The third-order valence-corrected chi connectivity index (χ3v) is 6.23. The molecule has 0 atom stereocenters. The highest BCUT2D eigenvalue weighted by molar-refractivity contribution is 6.65. The maximum atomic E-state index is 12.5. The summed E-state index contributed by atoms with van der Waals surface area (Å²) in [5, 5.41) is 0. The highest BCUT2D eigenvalue weighted by Crippen LogP contribution is 2.31. The van der Waals surface area contributed by atoms with Crippen LogP contribution in [0.1, 0.15) is 58.3 Å².